The average molecular weight is 485 g/mol. The summed E-state index contributed by atoms with van der Waals surface area (Å²) in [4.78, 5) is 37.1. The summed E-state index contributed by atoms with van der Waals surface area (Å²) in [5.74, 6) is 1.29. The van der Waals surface area contributed by atoms with Gasteiger partial charge in [0.05, 0.1) is 16.3 Å². The monoisotopic (exact) mass is 484 g/mol. The maximum Gasteiger partial charge on any atom is 0.232 e. The summed E-state index contributed by atoms with van der Waals surface area (Å²) in [6, 6.07) is 20.0. The van der Waals surface area contributed by atoms with E-state index in [1.165, 1.54) is 17.3 Å². The molecule has 1 saturated heterocycles. The number of aryl methyl sites for hydroxylation is 1. The summed E-state index contributed by atoms with van der Waals surface area (Å²) in [5, 5.41) is 1.46. The fourth-order valence-electron chi connectivity index (χ4n) is 4.68. The predicted octanol–water partition coefficient (Wildman–Crippen LogP) is 4.77. The molecule has 0 bridgehead atoms. The van der Waals surface area contributed by atoms with Crippen molar-refractivity contribution in [3.8, 4) is 0 Å². The molecule has 1 fully saturated rings. The Morgan fingerprint density at radius 3 is 2.51 bits per heavy atom. The number of ketones is 1. The number of para-hydroxylation sites is 1. The molecule has 0 spiro atoms. The molecule has 1 aliphatic heterocycles. The number of amides is 1. The van der Waals surface area contributed by atoms with E-state index in [0.717, 1.165) is 43.3 Å². The van der Waals surface area contributed by atoms with Crippen LogP contribution in [0.25, 0.3) is 10.9 Å². The summed E-state index contributed by atoms with van der Waals surface area (Å²) in [7, 11) is 1.81. The van der Waals surface area contributed by atoms with Crippen LogP contribution in [0.3, 0.4) is 0 Å². The number of imidazole rings is 1. The molecule has 1 aliphatic rings. The SMILES string of the molecule is Cn1ccnc1C(=O)c1cc(SCC(=O)N2CCC(Cc3ccccc3)CC2)nc2ccccc12. The largest absolute Gasteiger partial charge is 0.342 e. The molecule has 0 radical (unpaired) electrons. The van der Waals surface area contributed by atoms with Gasteiger partial charge in [0, 0.05) is 43.5 Å². The number of rotatable bonds is 7. The minimum Gasteiger partial charge on any atom is -0.342 e. The van der Waals surface area contributed by atoms with Crippen molar-refractivity contribution in [3.63, 3.8) is 0 Å². The molecule has 2 aromatic heterocycles. The predicted molar refractivity (Wildman–Crippen MR) is 139 cm³/mol. The highest BCUT2D eigenvalue weighted by Crippen LogP contribution is 2.27. The van der Waals surface area contributed by atoms with Crippen LogP contribution in [-0.2, 0) is 18.3 Å². The Bertz CT molecular complexity index is 1340. The standard InChI is InChI=1S/C28H28N4O2S/c1-31-16-13-29-28(31)27(34)23-18-25(30-24-10-6-5-9-22(23)24)35-19-26(33)32-14-11-21(12-15-32)17-20-7-3-2-4-8-20/h2-10,13,16,18,21H,11-12,14-15,17,19H2,1H3. The number of pyridine rings is 1. The molecule has 0 unspecified atom stereocenters. The number of benzene rings is 2. The summed E-state index contributed by atoms with van der Waals surface area (Å²) < 4.78 is 1.72. The van der Waals surface area contributed by atoms with Crippen LogP contribution in [0.4, 0.5) is 0 Å². The Labute approximate surface area is 209 Å². The lowest BCUT2D eigenvalue weighted by Gasteiger charge is -2.32. The van der Waals surface area contributed by atoms with Crippen molar-refractivity contribution >= 4 is 34.4 Å². The Morgan fingerprint density at radius 1 is 1.03 bits per heavy atom. The summed E-state index contributed by atoms with van der Waals surface area (Å²) in [6.07, 6.45) is 6.51. The first kappa shape index (κ1) is 23.3. The Morgan fingerprint density at radius 2 is 1.77 bits per heavy atom. The van der Waals surface area contributed by atoms with Gasteiger partial charge in [0.25, 0.3) is 0 Å². The number of hydrogen-bond acceptors (Lipinski definition) is 5. The number of hydrogen-bond donors (Lipinski definition) is 0. The molecule has 5 rings (SSSR count). The van der Waals surface area contributed by atoms with Crippen LogP contribution in [0.2, 0.25) is 0 Å². The van der Waals surface area contributed by atoms with E-state index in [1.54, 1.807) is 30.1 Å². The van der Waals surface area contributed by atoms with E-state index >= 15 is 0 Å². The first-order chi connectivity index (χ1) is 17.1. The second-order valence-corrected chi connectivity index (χ2v) is 10.0. The maximum absolute atomic E-state index is 13.2. The highest BCUT2D eigenvalue weighted by molar-refractivity contribution is 7.99. The molecule has 6 nitrogen and oxygen atoms in total. The van der Waals surface area contributed by atoms with E-state index in [9.17, 15) is 9.59 Å². The van der Waals surface area contributed by atoms with Gasteiger partial charge in [0.1, 0.15) is 0 Å². The lowest BCUT2D eigenvalue weighted by molar-refractivity contribution is -0.129. The molecule has 0 N–H and O–H groups in total. The third kappa shape index (κ3) is 5.30. The zero-order valence-electron chi connectivity index (χ0n) is 19.8. The summed E-state index contributed by atoms with van der Waals surface area (Å²) in [5.41, 5.74) is 2.66. The molecular formula is C28H28N4O2S. The van der Waals surface area contributed by atoms with Crippen LogP contribution >= 0.6 is 11.8 Å². The van der Waals surface area contributed by atoms with Crippen LogP contribution < -0.4 is 0 Å². The summed E-state index contributed by atoms with van der Waals surface area (Å²) in [6.45, 7) is 1.59. The zero-order chi connectivity index (χ0) is 24.2. The quantitative estimate of drug-likeness (QED) is 0.279. The Kier molecular flexibility index (Phi) is 6.95. The van der Waals surface area contributed by atoms with Gasteiger partial charge < -0.3 is 9.47 Å². The van der Waals surface area contributed by atoms with Crippen LogP contribution in [0.5, 0.6) is 0 Å². The molecule has 178 valence electrons. The summed E-state index contributed by atoms with van der Waals surface area (Å²) >= 11 is 1.39. The molecule has 2 aromatic carbocycles. The topological polar surface area (TPSA) is 68.1 Å². The van der Waals surface area contributed by atoms with Crippen LogP contribution in [0, 0.1) is 5.92 Å². The number of aromatic nitrogens is 3. The molecule has 0 saturated carbocycles. The van der Waals surface area contributed by atoms with Gasteiger partial charge in [-0.1, -0.05) is 60.3 Å². The average Bonchev–Trinajstić information content (AvgIpc) is 3.33. The third-order valence-electron chi connectivity index (χ3n) is 6.64. The van der Waals surface area contributed by atoms with E-state index in [4.69, 9.17) is 4.98 Å². The number of fused-ring (bicyclic) bond motifs is 1. The number of likely N-dealkylation sites (tertiary alicyclic amines) is 1. The molecule has 0 aliphatic carbocycles. The second-order valence-electron chi connectivity index (χ2n) is 9.02. The van der Waals surface area contributed by atoms with E-state index in [2.05, 4.69) is 29.2 Å². The van der Waals surface area contributed by atoms with Gasteiger partial charge in [-0.2, -0.15) is 0 Å². The Balaban J connectivity index is 1.24. The number of carbonyl (C=O) groups is 2. The molecular weight excluding hydrogens is 456 g/mol. The molecule has 35 heavy (non-hydrogen) atoms. The van der Waals surface area contributed by atoms with Gasteiger partial charge >= 0.3 is 0 Å². The van der Waals surface area contributed by atoms with Crippen molar-refractivity contribution in [2.75, 3.05) is 18.8 Å². The van der Waals surface area contributed by atoms with Crippen molar-refractivity contribution in [1.82, 2.24) is 19.4 Å². The van der Waals surface area contributed by atoms with Gasteiger partial charge in [-0.3, -0.25) is 9.59 Å². The molecule has 0 atom stereocenters. The zero-order valence-corrected chi connectivity index (χ0v) is 20.6. The smallest absolute Gasteiger partial charge is 0.232 e. The van der Waals surface area contributed by atoms with E-state index in [0.29, 0.717) is 28.1 Å². The number of thioether (sulfide) groups is 1. The molecule has 7 heteroatoms. The van der Waals surface area contributed by atoms with Gasteiger partial charge in [0.15, 0.2) is 5.82 Å². The van der Waals surface area contributed by atoms with Gasteiger partial charge in [-0.25, -0.2) is 9.97 Å². The molecule has 4 aromatic rings. The number of carbonyl (C=O) groups excluding carboxylic acids is 2. The van der Waals surface area contributed by atoms with Crippen molar-refractivity contribution in [2.45, 2.75) is 24.3 Å². The van der Waals surface area contributed by atoms with Crippen LogP contribution in [-0.4, -0.2) is 50.0 Å². The lowest BCUT2D eigenvalue weighted by Crippen LogP contribution is -2.39. The van der Waals surface area contributed by atoms with E-state index in [1.807, 2.05) is 35.2 Å². The molecule has 1 amide bonds. The fourth-order valence-corrected chi connectivity index (χ4v) is 5.50. The van der Waals surface area contributed by atoms with Gasteiger partial charge in [-0.05, 0) is 42.9 Å². The van der Waals surface area contributed by atoms with Crippen LogP contribution in [0.1, 0.15) is 34.6 Å². The van der Waals surface area contributed by atoms with Crippen LogP contribution in [0.15, 0.2) is 78.1 Å². The van der Waals surface area contributed by atoms with Gasteiger partial charge in [0.2, 0.25) is 11.7 Å². The minimum absolute atomic E-state index is 0.125. The number of piperidine rings is 1. The van der Waals surface area contributed by atoms with Crippen molar-refractivity contribution in [3.05, 3.63) is 90.0 Å². The Hall–Kier alpha value is -3.45. The second kappa shape index (κ2) is 10.4. The first-order valence-electron chi connectivity index (χ1n) is 11.9. The van der Waals surface area contributed by atoms with Crippen molar-refractivity contribution in [1.29, 1.82) is 0 Å². The van der Waals surface area contributed by atoms with Crippen molar-refractivity contribution in [2.24, 2.45) is 13.0 Å². The maximum atomic E-state index is 13.2. The highest BCUT2D eigenvalue weighted by Gasteiger charge is 2.24. The third-order valence-corrected chi connectivity index (χ3v) is 7.54. The number of nitrogens with zero attached hydrogens (tertiary/aromatic N) is 4. The van der Waals surface area contributed by atoms with Crippen molar-refractivity contribution < 1.29 is 9.59 Å². The van der Waals surface area contributed by atoms with Gasteiger partial charge in [-0.15, -0.1) is 0 Å². The fraction of sp³-hybridized carbons (Fsp3) is 0.286. The highest BCUT2D eigenvalue weighted by atomic mass is 32.2. The first-order valence-corrected chi connectivity index (χ1v) is 12.9. The normalized spacial score (nSPS) is 14.4. The van der Waals surface area contributed by atoms with E-state index < -0.39 is 0 Å². The molecule has 3 heterocycles. The van der Waals surface area contributed by atoms with E-state index in [-0.39, 0.29) is 11.7 Å². The minimum atomic E-state index is -0.148. The lowest BCUT2D eigenvalue weighted by atomic mass is 9.90.